The summed E-state index contributed by atoms with van der Waals surface area (Å²) in [6, 6.07) is 1.99. The molecule has 0 aromatic carbocycles. The molecule has 2 aromatic rings. The molecule has 0 aliphatic heterocycles. The molecule has 1 unspecified atom stereocenters. The highest BCUT2D eigenvalue weighted by Crippen LogP contribution is 2.27. The zero-order valence-electron chi connectivity index (χ0n) is 9.15. The SMILES string of the molecule is CCOC(C)c1ccnc2sc(C)nc12. The van der Waals surface area contributed by atoms with E-state index in [-0.39, 0.29) is 6.10 Å². The fourth-order valence-electron chi connectivity index (χ4n) is 1.62. The van der Waals surface area contributed by atoms with E-state index in [0.717, 1.165) is 20.9 Å². The molecule has 0 bridgehead atoms. The van der Waals surface area contributed by atoms with E-state index in [1.807, 2.05) is 33.0 Å². The van der Waals surface area contributed by atoms with Crippen LogP contribution in [0.4, 0.5) is 0 Å². The number of pyridine rings is 1. The van der Waals surface area contributed by atoms with Gasteiger partial charge in [0.1, 0.15) is 10.3 Å². The minimum atomic E-state index is 0.0852. The molecule has 0 aliphatic carbocycles. The van der Waals surface area contributed by atoms with E-state index in [1.54, 1.807) is 11.3 Å². The van der Waals surface area contributed by atoms with E-state index < -0.39 is 0 Å². The summed E-state index contributed by atoms with van der Waals surface area (Å²) >= 11 is 1.62. The Kier molecular flexibility index (Phi) is 2.98. The van der Waals surface area contributed by atoms with Gasteiger partial charge in [-0.25, -0.2) is 9.97 Å². The van der Waals surface area contributed by atoms with E-state index in [1.165, 1.54) is 0 Å². The quantitative estimate of drug-likeness (QED) is 0.800. The Balaban J connectivity index is 2.50. The minimum absolute atomic E-state index is 0.0852. The number of fused-ring (bicyclic) bond motifs is 1. The monoisotopic (exact) mass is 222 g/mol. The molecule has 15 heavy (non-hydrogen) atoms. The van der Waals surface area contributed by atoms with E-state index in [2.05, 4.69) is 9.97 Å². The molecule has 0 N–H and O–H groups in total. The van der Waals surface area contributed by atoms with Crippen molar-refractivity contribution in [2.24, 2.45) is 0 Å². The second-order valence-corrected chi connectivity index (χ2v) is 4.57. The van der Waals surface area contributed by atoms with Crippen molar-refractivity contribution >= 4 is 21.7 Å². The molecule has 0 aliphatic rings. The van der Waals surface area contributed by atoms with Crippen molar-refractivity contribution in [1.29, 1.82) is 0 Å². The molecule has 0 fully saturated rings. The topological polar surface area (TPSA) is 35.0 Å². The van der Waals surface area contributed by atoms with Crippen LogP contribution in [-0.4, -0.2) is 16.6 Å². The van der Waals surface area contributed by atoms with Crippen LogP contribution in [0.5, 0.6) is 0 Å². The molecule has 80 valence electrons. The second-order valence-electron chi connectivity index (χ2n) is 3.38. The van der Waals surface area contributed by atoms with Crippen LogP contribution in [0.2, 0.25) is 0 Å². The molecule has 0 saturated carbocycles. The highest BCUT2D eigenvalue weighted by Gasteiger charge is 2.12. The van der Waals surface area contributed by atoms with Crippen molar-refractivity contribution in [2.75, 3.05) is 6.61 Å². The van der Waals surface area contributed by atoms with Gasteiger partial charge in [-0.2, -0.15) is 0 Å². The van der Waals surface area contributed by atoms with Crippen molar-refractivity contribution < 1.29 is 4.74 Å². The maximum absolute atomic E-state index is 5.58. The van der Waals surface area contributed by atoms with Gasteiger partial charge in [-0.3, -0.25) is 0 Å². The third-order valence-corrected chi connectivity index (χ3v) is 3.17. The van der Waals surface area contributed by atoms with Gasteiger partial charge in [0.2, 0.25) is 0 Å². The summed E-state index contributed by atoms with van der Waals surface area (Å²) in [6.45, 7) is 6.77. The van der Waals surface area contributed by atoms with Crippen LogP contribution in [-0.2, 0) is 4.74 Å². The average molecular weight is 222 g/mol. The van der Waals surface area contributed by atoms with Gasteiger partial charge in [0.15, 0.2) is 0 Å². The molecule has 1 atom stereocenters. The normalized spacial score (nSPS) is 13.3. The van der Waals surface area contributed by atoms with Gasteiger partial charge in [-0.15, -0.1) is 0 Å². The molecular weight excluding hydrogens is 208 g/mol. The fraction of sp³-hybridized carbons (Fsp3) is 0.455. The van der Waals surface area contributed by atoms with Crippen molar-refractivity contribution in [3.63, 3.8) is 0 Å². The molecule has 4 heteroatoms. The van der Waals surface area contributed by atoms with E-state index in [4.69, 9.17) is 4.74 Å². The lowest BCUT2D eigenvalue weighted by molar-refractivity contribution is 0.0773. The summed E-state index contributed by atoms with van der Waals surface area (Å²) < 4.78 is 5.58. The number of hydrogen-bond donors (Lipinski definition) is 0. The summed E-state index contributed by atoms with van der Waals surface area (Å²) in [4.78, 5) is 9.79. The van der Waals surface area contributed by atoms with Crippen molar-refractivity contribution in [2.45, 2.75) is 26.9 Å². The summed E-state index contributed by atoms with van der Waals surface area (Å²) in [5.74, 6) is 0. The third kappa shape index (κ3) is 2.01. The molecule has 3 nitrogen and oxygen atoms in total. The van der Waals surface area contributed by atoms with Crippen molar-refractivity contribution in [1.82, 2.24) is 9.97 Å². The molecule has 0 saturated heterocycles. The first kappa shape index (κ1) is 10.5. The van der Waals surface area contributed by atoms with Crippen LogP contribution in [0.25, 0.3) is 10.3 Å². The molecule has 0 spiro atoms. The van der Waals surface area contributed by atoms with Crippen LogP contribution in [0.1, 0.15) is 30.5 Å². The standard InChI is InChI=1S/C11H14N2OS/c1-4-14-7(2)9-5-6-12-11-10(9)13-8(3)15-11/h5-7H,4H2,1-3H3. The van der Waals surface area contributed by atoms with Crippen molar-refractivity contribution in [3.8, 4) is 0 Å². The maximum atomic E-state index is 5.58. The summed E-state index contributed by atoms with van der Waals surface area (Å²) in [6.07, 6.45) is 1.91. The van der Waals surface area contributed by atoms with Crippen LogP contribution >= 0.6 is 11.3 Å². The Morgan fingerprint density at radius 3 is 3.07 bits per heavy atom. The van der Waals surface area contributed by atoms with Crippen molar-refractivity contribution in [3.05, 3.63) is 22.8 Å². The lowest BCUT2D eigenvalue weighted by Gasteiger charge is -2.11. The molecule has 2 rings (SSSR count). The highest BCUT2D eigenvalue weighted by molar-refractivity contribution is 7.18. The maximum Gasteiger partial charge on any atom is 0.143 e. The van der Waals surface area contributed by atoms with Gasteiger partial charge in [0.05, 0.1) is 11.1 Å². The summed E-state index contributed by atoms with van der Waals surface area (Å²) in [7, 11) is 0. The average Bonchev–Trinajstić information content (AvgIpc) is 2.57. The van der Waals surface area contributed by atoms with Crippen LogP contribution in [0.15, 0.2) is 12.3 Å². The summed E-state index contributed by atoms with van der Waals surface area (Å²) in [5, 5.41) is 1.05. The van der Waals surface area contributed by atoms with Gasteiger partial charge >= 0.3 is 0 Å². The van der Waals surface area contributed by atoms with E-state index in [0.29, 0.717) is 6.61 Å². The predicted octanol–water partition coefficient (Wildman–Crippen LogP) is 3.10. The molecule has 0 amide bonds. The predicted molar refractivity (Wildman–Crippen MR) is 62.2 cm³/mol. The number of aryl methyl sites for hydroxylation is 1. The lowest BCUT2D eigenvalue weighted by Crippen LogP contribution is -2.00. The lowest BCUT2D eigenvalue weighted by atomic mass is 10.1. The van der Waals surface area contributed by atoms with Crippen LogP contribution in [0, 0.1) is 6.92 Å². The molecular formula is C11H14N2OS. The van der Waals surface area contributed by atoms with Gasteiger partial charge in [-0.1, -0.05) is 11.3 Å². The first-order chi connectivity index (χ1) is 7.22. The largest absolute Gasteiger partial charge is 0.374 e. The van der Waals surface area contributed by atoms with Gasteiger partial charge in [0.25, 0.3) is 0 Å². The van der Waals surface area contributed by atoms with Crippen LogP contribution in [0.3, 0.4) is 0 Å². The number of thiazole rings is 1. The molecule has 0 radical (unpaired) electrons. The zero-order valence-corrected chi connectivity index (χ0v) is 9.97. The Labute approximate surface area is 93.1 Å². The van der Waals surface area contributed by atoms with Crippen LogP contribution < -0.4 is 0 Å². The summed E-state index contributed by atoms with van der Waals surface area (Å²) in [5.41, 5.74) is 2.12. The highest BCUT2D eigenvalue weighted by atomic mass is 32.1. The Hall–Kier alpha value is -1.00. The third-order valence-electron chi connectivity index (χ3n) is 2.29. The first-order valence-electron chi connectivity index (χ1n) is 5.06. The first-order valence-corrected chi connectivity index (χ1v) is 5.87. The Morgan fingerprint density at radius 2 is 2.33 bits per heavy atom. The van der Waals surface area contributed by atoms with Gasteiger partial charge in [-0.05, 0) is 26.8 Å². The van der Waals surface area contributed by atoms with E-state index in [9.17, 15) is 0 Å². The minimum Gasteiger partial charge on any atom is -0.374 e. The molecule has 2 aromatic heterocycles. The number of rotatable bonds is 3. The van der Waals surface area contributed by atoms with E-state index >= 15 is 0 Å². The number of nitrogens with zero attached hydrogens (tertiary/aromatic N) is 2. The van der Waals surface area contributed by atoms with Gasteiger partial charge < -0.3 is 4.74 Å². The Bertz CT molecular complexity index is 467. The smallest absolute Gasteiger partial charge is 0.143 e. The number of aromatic nitrogens is 2. The Morgan fingerprint density at radius 1 is 1.53 bits per heavy atom. The number of ether oxygens (including phenoxy) is 1. The molecule has 2 heterocycles. The van der Waals surface area contributed by atoms with Gasteiger partial charge in [0, 0.05) is 18.4 Å². The second kappa shape index (κ2) is 4.24. The number of hydrogen-bond acceptors (Lipinski definition) is 4. The zero-order chi connectivity index (χ0) is 10.8. The fourth-order valence-corrected chi connectivity index (χ4v) is 2.41.